The number of aryl methyl sites for hydroxylation is 1. The van der Waals surface area contributed by atoms with Crippen molar-refractivity contribution in [3.8, 4) is 0 Å². The van der Waals surface area contributed by atoms with Crippen LogP contribution < -0.4 is 5.32 Å². The molecule has 2 N–H and O–H groups in total. The van der Waals surface area contributed by atoms with Gasteiger partial charge < -0.3 is 10.4 Å². The highest BCUT2D eigenvalue weighted by Crippen LogP contribution is 2.30. The van der Waals surface area contributed by atoms with Crippen LogP contribution in [0, 0.1) is 18.8 Å². The van der Waals surface area contributed by atoms with E-state index in [2.05, 4.69) is 12.2 Å². The molecule has 1 saturated carbocycles. The van der Waals surface area contributed by atoms with Crippen LogP contribution >= 0.6 is 11.6 Å². The number of anilines is 1. The first-order chi connectivity index (χ1) is 8.70. The molecule has 18 heavy (non-hydrogen) atoms. The summed E-state index contributed by atoms with van der Waals surface area (Å²) in [6, 6.07) is 5.93. The normalized spacial score (nSPS) is 23.9. The third-order valence-corrected chi connectivity index (χ3v) is 4.29. The Morgan fingerprint density at radius 3 is 2.72 bits per heavy atom. The molecule has 0 amide bonds. The van der Waals surface area contributed by atoms with E-state index < -0.39 is 0 Å². The Hall–Kier alpha value is -0.730. The molecule has 0 aromatic heterocycles. The van der Waals surface area contributed by atoms with Gasteiger partial charge in [-0.05, 0) is 49.3 Å². The highest BCUT2D eigenvalue weighted by Gasteiger charge is 2.24. The molecule has 1 aromatic rings. The van der Waals surface area contributed by atoms with Crippen LogP contribution in [0.15, 0.2) is 18.2 Å². The summed E-state index contributed by atoms with van der Waals surface area (Å²) in [6.07, 6.45) is 4.94. The molecule has 100 valence electrons. The van der Waals surface area contributed by atoms with Crippen molar-refractivity contribution in [2.45, 2.75) is 32.6 Å². The standard InChI is InChI=1S/C15H22ClNO/c1-11-6-7-14(16)8-15(11)17-9-12-4-2-3-5-13(12)10-18/h6-8,12-13,17-18H,2-5,9-10H2,1H3. The number of rotatable bonds is 4. The van der Waals surface area contributed by atoms with Crippen molar-refractivity contribution in [3.05, 3.63) is 28.8 Å². The summed E-state index contributed by atoms with van der Waals surface area (Å²) in [6.45, 7) is 3.34. The number of aliphatic hydroxyl groups is 1. The number of benzene rings is 1. The van der Waals surface area contributed by atoms with Crippen molar-refractivity contribution in [2.75, 3.05) is 18.5 Å². The van der Waals surface area contributed by atoms with E-state index in [-0.39, 0.29) is 0 Å². The van der Waals surface area contributed by atoms with Crippen molar-refractivity contribution in [1.29, 1.82) is 0 Å². The first kappa shape index (κ1) is 13.7. The van der Waals surface area contributed by atoms with Crippen LogP contribution in [0.2, 0.25) is 5.02 Å². The third-order valence-electron chi connectivity index (χ3n) is 4.06. The molecule has 2 atom stereocenters. The minimum absolute atomic E-state index is 0.320. The zero-order chi connectivity index (χ0) is 13.0. The fourth-order valence-electron chi connectivity index (χ4n) is 2.82. The van der Waals surface area contributed by atoms with Gasteiger partial charge in [-0.25, -0.2) is 0 Å². The van der Waals surface area contributed by atoms with Gasteiger partial charge in [-0.1, -0.05) is 30.5 Å². The molecule has 1 fully saturated rings. The summed E-state index contributed by atoms with van der Waals surface area (Å²) in [5.74, 6) is 1.05. The molecule has 2 unspecified atom stereocenters. The quantitative estimate of drug-likeness (QED) is 0.868. The molecule has 1 aliphatic rings. The predicted octanol–water partition coefficient (Wildman–Crippen LogP) is 3.86. The van der Waals surface area contributed by atoms with Crippen LogP contribution in [0.4, 0.5) is 5.69 Å². The minimum atomic E-state index is 0.320. The van der Waals surface area contributed by atoms with E-state index in [9.17, 15) is 5.11 Å². The fourth-order valence-corrected chi connectivity index (χ4v) is 2.99. The average Bonchev–Trinajstić information content (AvgIpc) is 2.40. The number of halogens is 1. The van der Waals surface area contributed by atoms with Crippen LogP contribution in [0.25, 0.3) is 0 Å². The number of nitrogens with one attached hydrogen (secondary N) is 1. The molecule has 0 heterocycles. The molecule has 1 aromatic carbocycles. The molecule has 2 rings (SSSR count). The second-order valence-corrected chi connectivity index (χ2v) is 5.76. The summed E-state index contributed by atoms with van der Waals surface area (Å²) in [4.78, 5) is 0. The molecule has 2 nitrogen and oxygen atoms in total. The smallest absolute Gasteiger partial charge is 0.0462 e. The predicted molar refractivity (Wildman–Crippen MR) is 77.2 cm³/mol. The Labute approximate surface area is 114 Å². The van der Waals surface area contributed by atoms with Gasteiger partial charge >= 0.3 is 0 Å². The summed E-state index contributed by atoms with van der Waals surface area (Å²) in [7, 11) is 0. The Balaban J connectivity index is 1.95. The molecule has 3 heteroatoms. The highest BCUT2D eigenvalue weighted by molar-refractivity contribution is 6.30. The SMILES string of the molecule is Cc1ccc(Cl)cc1NCC1CCCCC1CO. The Kier molecular flexibility index (Phi) is 4.90. The van der Waals surface area contributed by atoms with Crippen LogP contribution in [-0.4, -0.2) is 18.3 Å². The van der Waals surface area contributed by atoms with Gasteiger partial charge in [0.15, 0.2) is 0 Å². The second-order valence-electron chi connectivity index (χ2n) is 5.33. The molecule has 0 aliphatic heterocycles. The largest absolute Gasteiger partial charge is 0.396 e. The van der Waals surface area contributed by atoms with Gasteiger partial charge in [0, 0.05) is 23.9 Å². The monoisotopic (exact) mass is 267 g/mol. The lowest BCUT2D eigenvalue weighted by Crippen LogP contribution is -2.28. The summed E-state index contributed by atoms with van der Waals surface area (Å²) in [5, 5.41) is 13.7. The van der Waals surface area contributed by atoms with E-state index >= 15 is 0 Å². The number of hydrogen-bond acceptors (Lipinski definition) is 2. The second kappa shape index (κ2) is 6.44. The van der Waals surface area contributed by atoms with Gasteiger partial charge in [0.25, 0.3) is 0 Å². The van der Waals surface area contributed by atoms with Crippen molar-refractivity contribution >= 4 is 17.3 Å². The first-order valence-electron chi connectivity index (χ1n) is 6.81. The fraction of sp³-hybridized carbons (Fsp3) is 0.600. The lowest BCUT2D eigenvalue weighted by molar-refractivity contribution is 0.141. The van der Waals surface area contributed by atoms with E-state index in [0.717, 1.165) is 23.7 Å². The van der Waals surface area contributed by atoms with Crippen molar-refractivity contribution < 1.29 is 5.11 Å². The molecule has 0 spiro atoms. The maximum Gasteiger partial charge on any atom is 0.0462 e. The lowest BCUT2D eigenvalue weighted by Gasteiger charge is -2.30. The third kappa shape index (κ3) is 3.39. The van der Waals surface area contributed by atoms with Gasteiger partial charge in [-0.3, -0.25) is 0 Å². The highest BCUT2D eigenvalue weighted by atomic mass is 35.5. The van der Waals surface area contributed by atoms with E-state index in [1.165, 1.54) is 24.8 Å². The molecule has 0 saturated heterocycles. The molecular weight excluding hydrogens is 246 g/mol. The Bertz CT molecular complexity index is 394. The summed E-state index contributed by atoms with van der Waals surface area (Å²) >= 11 is 6.01. The summed E-state index contributed by atoms with van der Waals surface area (Å²) in [5.41, 5.74) is 2.33. The summed E-state index contributed by atoms with van der Waals surface area (Å²) < 4.78 is 0. The number of hydrogen-bond donors (Lipinski definition) is 2. The van der Waals surface area contributed by atoms with E-state index in [1.54, 1.807) is 0 Å². The Morgan fingerprint density at radius 1 is 1.28 bits per heavy atom. The molecular formula is C15H22ClNO. The maximum absolute atomic E-state index is 9.41. The van der Waals surface area contributed by atoms with Crippen molar-refractivity contribution in [2.24, 2.45) is 11.8 Å². The Morgan fingerprint density at radius 2 is 2.00 bits per heavy atom. The average molecular weight is 268 g/mol. The van der Waals surface area contributed by atoms with Crippen molar-refractivity contribution in [1.82, 2.24) is 0 Å². The molecule has 1 aliphatic carbocycles. The van der Waals surface area contributed by atoms with Crippen LogP contribution in [-0.2, 0) is 0 Å². The minimum Gasteiger partial charge on any atom is -0.396 e. The van der Waals surface area contributed by atoms with Crippen molar-refractivity contribution in [3.63, 3.8) is 0 Å². The van der Waals surface area contributed by atoms with Gasteiger partial charge in [0.1, 0.15) is 0 Å². The zero-order valence-electron chi connectivity index (χ0n) is 11.0. The van der Waals surface area contributed by atoms with Crippen LogP contribution in [0.1, 0.15) is 31.2 Å². The topological polar surface area (TPSA) is 32.3 Å². The molecule has 0 bridgehead atoms. The van der Waals surface area contributed by atoms with E-state index in [1.807, 2.05) is 18.2 Å². The van der Waals surface area contributed by atoms with Gasteiger partial charge in [-0.2, -0.15) is 0 Å². The van der Waals surface area contributed by atoms with Crippen LogP contribution in [0.3, 0.4) is 0 Å². The van der Waals surface area contributed by atoms with E-state index in [4.69, 9.17) is 11.6 Å². The van der Waals surface area contributed by atoms with Gasteiger partial charge in [0.05, 0.1) is 0 Å². The van der Waals surface area contributed by atoms with Gasteiger partial charge in [0.2, 0.25) is 0 Å². The zero-order valence-corrected chi connectivity index (χ0v) is 11.7. The first-order valence-corrected chi connectivity index (χ1v) is 7.19. The number of aliphatic hydroxyl groups excluding tert-OH is 1. The lowest BCUT2D eigenvalue weighted by atomic mass is 9.79. The molecule has 0 radical (unpaired) electrons. The van der Waals surface area contributed by atoms with E-state index in [0.29, 0.717) is 18.4 Å². The van der Waals surface area contributed by atoms with Gasteiger partial charge in [-0.15, -0.1) is 0 Å². The van der Waals surface area contributed by atoms with Crippen LogP contribution in [0.5, 0.6) is 0 Å². The maximum atomic E-state index is 9.41.